The van der Waals surface area contributed by atoms with E-state index in [2.05, 4.69) is 28.2 Å². The van der Waals surface area contributed by atoms with Gasteiger partial charge in [-0.05, 0) is 59.5 Å². The van der Waals surface area contributed by atoms with Crippen LogP contribution in [0.1, 0.15) is 39.2 Å². The maximum Gasteiger partial charge on any atom is 0.329 e. The van der Waals surface area contributed by atoms with Crippen LogP contribution in [0.3, 0.4) is 0 Å². The summed E-state index contributed by atoms with van der Waals surface area (Å²) < 4.78 is 6.61. The number of halogens is 1. The number of ether oxygens (including phenoxy) is 1. The molecule has 0 saturated carbocycles. The fourth-order valence-electron chi connectivity index (χ4n) is 2.17. The molecule has 1 aromatic carbocycles. The van der Waals surface area contributed by atoms with Crippen molar-refractivity contribution >= 4 is 33.9 Å². The van der Waals surface area contributed by atoms with Gasteiger partial charge in [0.1, 0.15) is 11.4 Å². The van der Waals surface area contributed by atoms with Crippen LogP contribution in [0, 0.1) is 0 Å². The Morgan fingerprint density at radius 3 is 2.70 bits per heavy atom. The third-order valence-corrected chi connectivity index (χ3v) is 4.20. The zero-order valence-electron chi connectivity index (χ0n) is 13.6. The molecule has 1 aliphatic rings. The topological polar surface area (TPSA) is 58.6 Å². The molecule has 0 radical (unpaired) electrons. The van der Waals surface area contributed by atoms with Crippen LogP contribution in [0.4, 0.5) is 4.79 Å². The summed E-state index contributed by atoms with van der Waals surface area (Å²) in [6.45, 7) is 6.42. The van der Waals surface area contributed by atoms with Crippen LogP contribution in [-0.2, 0) is 4.79 Å². The van der Waals surface area contributed by atoms with E-state index in [1.54, 1.807) is 6.08 Å². The first-order valence-electron chi connectivity index (χ1n) is 7.77. The first kappa shape index (κ1) is 17.5. The van der Waals surface area contributed by atoms with Crippen molar-refractivity contribution in [2.75, 3.05) is 6.54 Å². The highest BCUT2D eigenvalue weighted by Gasteiger charge is 2.32. The molecule has 0 aromatic heterocycles. The van der Waals surface area contributed by atoms with Crippen molar-refractivity contribution in [2.45, 2.75) is 39.7 Å². The fourth-order valence-corrected chi connectivity index (χ4v) is 2.66. The summed E-state index contributed by atoms with van der Waals surface area (Å²) in [5.74, 6) is 0.476. The maximum absolute atomic E-state index is 12.2. The minimum absolute atomic E-state index is 0.133. The smallest absolute Gasteiger partial charge is 0.329 e. The zero-order chi connectivity index (χ0) is 17.0. The van der Waals surface area contributed by atoms with Crippen LogP contribution in [-0.4, -0.2) is 29.5 Å². The normalized spacial score (nSPS) is 17.6. The molecule has 124 valence electrons. The van der Waals surface area contributed by atoms with E-state index < -0.39 is 0 Å². The van der Waals surface area contributed by atoms with Crippen molar-refractivity contribution in [3.63, 3.8) is 0 Å². The second-order valence-electron chi connectivity index (χ2n) is 5.47. The lowest BCUT2D eigenvalue weighted by molar-refractivity contribution is -0.122. The lowest BCUT2D eigenvalue weighted by atomic mass is 10.2. The molecule has 1 saturated heterocycles. The van der Waals surface area contributed by atoms with Crippen LogP contribution >= 0.6 is 15.9 Å². The summed E-state index contributed by atoms with van der Waals surface area (Å²) in [6.07, 6.45) is 3.47. The van der Waals surface area contributed by atoms with Gasteiger partial charge in [-0.1, -0.05) is 19.9 Å². The van der Waals surface area contributed by atoms with Crippen LogP contribution in [0.5, 0.6) is 5.75 Å². The van der Waals surface area contributed by atoms with Crippen LogP contribution in [0.25, 0.3) is 6.08 Å². The Kier molecular flexibility index (Phi) is 5.82. The first-order chi connectivity index (χ1) is 11.0. The third-order valence-electron chi connectivity index (χ3n) is 3.58. The number of nitrogens with zero attached hydrogens (tertiary/aromatic N) is 1. The minimum Gasteiger partial charge on any atom is -0.490 e. The SMILES string of the molecule is CCCN1C(=O)N/C(=C/c2ccc(O[C@@H](C)CC)c(Br)c2)C1=O. The first-order valence-corrected chi connectivity index (χ1v) is 8.56. The number of amides is 3. The van der Waals surface area contributed by atoms with Crippen molar-refractivity contribution in [3.05, 3.63) is 33.9 Å². The molecular formula is C17H21BrN2O3. The summed E-state index contributed by atoms with van der Waals surface area (Å²) in [7, 11) is 0. The van der Waals surface area contributed by atoms with Gasteiger partial charge in [0.25, 0.3) is 5.91 Å². The van der Waals surface area contributed by atoms with E-state index in [0.717, 1.165) is 28.6 Å². The van der Waals surface area contributed by atoms with Crippen molar-refractivity contribution < 1.29 is 14.3 Å². The van der Waals surface area contributed by atoms with Gasteiger partial charge in [-0.3, -0.25) is 9.69 Å². The van der Waals surface area contributed by atoms with Gasteiger partial charge in [-0.2, -0.15) is 0 Å². The van der Waals surface area contributed by atoms with E-state index in [-0.39, 0.29) is 18.0 Å². The molecule has 3 amide bonds. The molecule has 1 fully saturated rings. The van der Waals surface area contributed by atoms with E-state index in [0.29, 0.717) is 12.2 Å². The van der Waals surface area contributed by atoms with Crippen molar-refractivity contribution in [1.82, 2.24) is 10.2 Å². The van der Waals surface area contributed by atoms with Gasteiger partial charge in [0, 0.05) is 6.54 Å². The molecule has 1 aliphatic heterocycles. The largest absolute Gasteiger partial charge is 0.490 e. The number of nitrogens with one attached hydrogen (secondary N) is 1. The van der Waals surface area contributed by atoms with Gasteiger partial charge in [0.05, 0.1) is 10.6 Å². The highest BCUT2D eigenvalue weighted by Crippen LogP contribution is 2.28. The van der Waals surface area contributed by atoms with Crippen molar-refractivity contribution in [3.8, 4) is 5.75 Å². The monoisotopic (exact) mass is 380 g/mol. The molecule has 1 N–H and O–H groups in total. The van der Waals surface area contributed by atoms with E-state index in [1.165, 1.54) is 4.90 Å². The zero-order valence-corrected chi connectivity index (χ0v) is 15.1. The average Bonchev–Trinajstić information content (AvgIpc) is 2.78. The Bertz CT molecular complexity index is 643. The summed E-state index contributed by atoms with van der Waals surface area (Å²) in [4.78, 5) is 25.2. The number of urea groups is 1. The number of carbonyl (C=O) groups excluding carboxylic acids is 2. The lowest BCUT2D eigenvalue weighted by Gasteiger charge is -2.14. The molecular weight excluding hydrogens is 360 g/mol. The quantitative estimate of drug-likeness (QED) is 0.600. The number of hydrogen-bond acceptors (Lipinski definition) is 3. The molecule has 2 rings (SSSR count). The van der Waals surface area contributed by atoms with Gasteiger partial charge in [-0.15, -0.1) is 0 Å². The van der Waals surface area contributed by atoms with Gasteiger partial charge >= 0.3 is 6.03 Å². The second-order valence-corrected chi connectivity index (χ2v) is 6.33. The van der Waals surface area contributed by atoms with Crippen molar-refractivity contribution in [2.24, 2.45) is 0 Å². The van der Waals surface area contributed by atoms with Gasteiger partial charge in [-0.25, -0.2) is 4.79 Å². The highest BCUT2D eigenvalue weighted by molar-refractivity contribution is 9.10. The van der Waals surface area contributed by atoms with Gasteiger partial charge in [0.15, 0.2) is 0 Å². The van der Waals surface area contributed by atoms with E-state index in [9.17, 15) is 9.59 Å². The molecule has 1 aromatic rings. The Labute approximate surface area is 144 Å². The number of imide groups is 1. The Hall–Kier alpha value is -1.82. The molecule has 5 nitrogen and oxygen atoms in total. The number of carbonyl (C=O) groups is 2. The van der Waals surface area contributed by atoms with Crippen LogP contribution in [0.2, 0.25) is 0 Å². The molecule has 0 unspecified atom stereocenters. The molecule has 0 spiro atoms. The fraction of sp³-hybridized carbons (Fsp3) is 0.412. The van der Waals surface area contributed by atoms with Crippen molar-refractivity contribution in [1.29, 1.82) is 0 Å². The number of benzene rings is 1. The number of rotatable bonds is 6. The standard InChI is InChI=1S/C17H21BrN2O3/c1-4-8-20-16(21)14(19-17(20)22)10-12-6-7-15(13(18)9-12)23-11(3)5-2/h6-7,9-11H,4-5,8H2,1-3H3,(H,19,22)/b14-10+/t11-/m0/s1. The van der Waals surface area contributed by atoms with Crippen LogP contribution in [0.15, 0.2) is 28.4 Å². The van der Waals surface area contributed by atoms with Gasteiger partial charge < -0.3 is 10.1 Å². The Balaban J connectivity index is 2.19. The number of hydrogen-bond donors (Lipinski definition) is 1. The second kappa shape index (κ2) is 7.64. The van der Waals surface area contributed by atoms with Crippen LogP contribution < -0.4 is 10.1 Å². The molecule has 0 aliphatic carbocycles. The summed E-state index contributed by atoms with van der Waals surface area (Å²) in [5, 5.41) is 2.61. The molecule has 0 bridgehead atoms. The summed E-state index contributed by atoms with van der Waals surface area (Å²) in [6, 6.07) is 5.22. The molecule has 6 heteroatoms. The summed E-state index contributed by atoms with van der Waals surface area (Å²) in [5.41, 5.74) is 1.11. The Morgan fingerprint density at radius 2 is 2.09 bits per heavy atom. The molecule has 1 heterocycles. The predicted molar refractivity (Wildman–Crippen MR) is 93.0 cm³/mol. The maximum atomic E-state index is 12.2. The van der Waals surface area contributed by atoms with E-state index in [1.807, 2.05) is 32.0 Å². The molecule has 23 heavy (non-hydrogen) atoms. The third kappa shape index (κ3) is 4.13. The van der Waals surface area contributed by atoms with E-state index in [4.69, 9.17) is 4.74 Å². The summed E-state index contributed by atoms with van der Waals surface area (Å²) >= 11 is 3.48. The lowest BCUT2D eigenvalue weighted by Crippen LogP contribution is -2.31. The Morgan fingerprint density at radius 1 is 1.35 bits per heavy atom. The van der Waals surface area contributed by atoms with Gasteiger partial charge in [0.2, 0.25) is 0 Å². The predicted octanol–water partition coefficient (Wildman–Crippen LogP) is 3.93. The average molecular weight is 381 g/mol. The highest BCUT2D eigenvalue weighted by atomic mass is 79.9. The molecule has 1 atom stereocenters. The van der Waals surface area contributed by atoms with E-state index >= 15 is 0 Å². The minimum atomic E-state index is -0.362.